The van der Waals surface area contributed by atoms with Crippen molar-refractivity contribution in [1.29, 1.82) is 0 Å². The molecule has 0 spiro atoms. The van der Waals surface area contributed by atoms with Gasteiger partial charge in [-0.05, 0) is 12.8 Å². The summed E-state index contributed by atoms with van der Waals surface area (Å²) in [7, 11) is 0. The van der Waals surface area contributed by atoms with Crippen LogP contribution >= 0.6 is 0 Å². The Morgan fingerprint density at radius 3 is 2.67 bits per heavy atom. The lowest BCUT2D eigenvalue weighted by molar-refractivity contribution is 0.0871. The zero-order valence-electron chi connectivity index (χ0n) is 10.2. The summed E-state index contributed by atoms with van der Waals surface area (Å²) in [6.45, 7) is 5.96. The van der Waals surface area contributed by atoms with E-state index in [1.54, 1.807) is 0 Å². The van der Waals surface area contributed by atoms with Gasteiger partial charge in [0, 0.05) is 19.1 Å². The van der Waals surface area contributed by atoms with Crippen LogP contribution in [0.5, 0.6) is 0 Å². The van der Waals surface area contributed by atoms with Crippen molar-refractivity contribution in [1.82, 2.24) is 0 Å². The summed E-state index contributed by atoms with van der Waals surface area (Å²) < 4.78 is 10.9. The zero-order chi connectivity index (χ0) is 10.8. The Hall–Kier alpha value is -0.0800. The number of unbranched alkanes of at least 4 members (excludes halogenated alkanes) is 5. The van der Waals surface area contributed by atoms with E-state index in [-0.39, 0.29) is 0 Å². The van der Waals surface area contributed by atoms with Crippen LogP contribution in [0.4, 0.5) is 0 Å². The van der Waals surface area contributed by atoms with Gasteiger partial charge in [0.25, 0.3) is 0 Å². The molecule has 0 aliphatic carbocycles. The molecule has 0 amide bonds. The Bertz CT molecular complexity index is 130. The van der Waals surface area contributed by atoms with E-state index in [9.17, 15) is 0 Å². The highest BCUT2D eigenvalue weighted by atomic mass is 16.5. The molecule has 0 aromatic rings. The first-order valence-corrected chi connectivity index (χ1v) is 6.59. The lowest BCUT2D eigenvalue weighted by atomic mass is 10.1. The summed E-state index contributed by atoms with van der Waals surface area (Å²) in [5.41, 5.74) is 0. The van der Waals surface area contributed by atoms with Crippen LogP contribution in [-0.4, -0.2) is 26.4 Å². The maximum absolute atomic E-state index is 5.64. The molecule has 1 fully saturated rings. The van der Waals surface area contributed by atoms with Gasteiger partial charge in [-0.25, -0.2) is 0 Å². The van der Waals surface area contributed by atoms with Gasteiger partial charge >= 0.3 is 0 Å². The van der Waals surface area contributed by atoms with Gasteiger partial charge in [0.1, 0.15) is 0 Å². The van der Waals surface area contributed by atoms with Gasteiger partial charge < -0.3 is 9.47 Å². The number of hydrogen-bond donors (Lipinski definition) is 0. The van der Waals surface area contributed by atoms with Crippen LogP contribution in [0, 0.1) is 5.92 Å². The maximum atomic E-state index is 5.64. The highest BCUT2D eigenvalue weighted by Crippen LogP contribution is 2.12. The highest BCUT2D eigenvalue weighted by Gasteiger charge is 2.14. The monoisotopic (exact) mass is 214 g/mol. The maximum Gasteiger partial charge on any atom is 0.0517 e. The van der Waals surface area contributed by atoms with Crippen molar-refractivity contribution in [3.8, 4) is 0 Å². The molecule has 1 atom stereocenters. The largest absolute Gasteiger partial charge is 0.381 e. The highest BCUT2D eigenvalue weighted by molar-refractivity contribution is 4.62. The predicted molar refractivity (Wildman–Crippen MR) is 63.1 cm³/mol. The smallest absolute Gasteiger partial charge is 0.0517 e. The molecule has 1 rings (SSSR count). The van der Waals surface area contributed by atoms with E-state index in [1.807, 2.05) is 0 Å². The van der Waals surface area contributed by atoms with E-state index in [1.165, 1.54) is 44.9 Å². The third-order valence-corrected chi connectivity index (χ3v) is 3.02. The minimum absolute atomic E-state index is 0.671. The van der Waals surface area contributed by atoms with Gasteiger partial charge in [-0.15, -0.1) is 0 Å². The number of hydrogen-bond acceptors (Lipinski definition) is 2. The summed E-state index contributed by atoms with van der Waals surface area (Å²) in [6.07, 6.45) is 9.25. The Labute approximate surface area is 94.3 Å². The Kier molecular flexibility index (Phi) is 7.94. The molecule has 1 saturated heterocycles. The van der Waals surface area contributed by atoms with Gasteiger partial charge in [-0.1, -0.05) is 39.0 Å². The van der Waals surface area contributed by atoms with Crippen LogP contribution < -0.4 is 0 Å². The second kappa shape index (κ2) is 9.17. The molecular formula is C13H26O2. The average Bonchev–Trinajstić information content (AvgIpc) is 2.75. The third-order valence-electron chi connectivity index (χ3n) is 3.02. The molecule has 2 heteroatoms. The van der Waals surface area contributed by atoms with Gasteiger partial charge in [0.05, 0.1) is 13.2 Å². The minimum atomic E-state index is 0.671. The molecule has 0 aromatic heterocycles. The molecule has 1 unspecified atom stereocenters. The molecule has 0 aromatic carbocycles. The Morgan fingerprint density at radius 2 is 1.93 bits per heavy atom. The lowest BCUT2D eigenvalue weighted by Crippen LogP contribution is -2.09. The normalized spacial score (nSPS) is 21.0. The topological polar surface area (TPSA) is 18.5 Å². The second-order valence-electron chi connectivity index (χ2n) is 4.57. The minimum Gasteiger partial charge on any atom is -0.381 e. The van der Waals surface area contributed by atoms with E-state index in [4.69, 9.17) is 9.47 Å². The Balaban J connectivity index is 1.73. The molecule has 2 nitrogen and oxygen atoms in total. The molecule has 90 valence electrons. The van der Waals surface area contributed by atoms with Crippen LogP contribution in [0.3, 0.4) is 0 Å². The van der Waals surface area contributed by atoms with Crippen molar-refractivity contribution in [3.63, 3.8) is 0 Å². The summed E-state index contributed by atoms with van der Waals surface area (Å²) in [5, 5.41) is 0. The molecule has 1 heterocycles. The van der Waals surface area contributed by atoms with Crippen molar-refractivity contribution in [2.45, 2.75) is 51.9 Å². The van der Waals surface area contributed by atoms with E-state index in [0.29, 0.717) is 5.92 Å². The quantitative estimate of drug-likeness (QED) is 0.548. The SMILES string of the molecule is CCCCCCCCOCC1CCOC1. The van der Waals surface area contributed by atoms with Crippen molar-refractivity contribution < 1.29 is 9.47 Å². The fourth-order valence-electron chi connectivity index (χ4n) is 1.95. The van der Waals surface area contributed by atoms with Crippen LogP contribution in [0.1, 0.15) is 51.9 Å². The van der Waals surface area contributed by atoms with E-state index < -0.39 is 0 Å². The second-order valence-corrected chi connectivity index (χ2v) is 4.57. The fourth-order valence-corrected chi connectivity index (χ4v) is 1.95. The lowest BCUT2D eigenvalue weighted by Gasteiger charge is -2.08. The standard InChI is InChI=1S/C13H26O2/c1-2-3-4-5-6-7-9-14-11-13-8-10-15-12-13/h13H,2-12H2,1H3. The summed E-state index contributed by atoms with van der Waals surface area (Å²) in [4.78, 5) is 0. The molecule has 1 aliphatic heterocycles. The van der Waals surface area contributed by atoms with Crippen LogP contribution in [0.2, 0.25) is 0 Å². The fraction of sp³-hybridized carbons (Fsp3) is 1.00. The molecule has 15 heavy (non-hydrogen) atoms. The third kappa shape index (κ3) is 6.91. The first-order valence-electron chi connectivity index (χ1n) is 6.59. The van der Waals surface area contributed by atoms with Crippen LogP contribution in [-0.2, 0) is 9.47 Å². The number of rotatable bonds is 9. The first kappa shape index (κ1) is 13.0. The van der Waals surface area contributed by atoms with Crippen LogP contribution in [0.15, 0.2) is 0 Å². The molecular weight excluding hydrogens is 188 g/mol. The summed E-state index contributed by atoms with van der Waals surface area (Å²) in [6, 6.07) is 0. The zero-order valence-corrected chi connectivity index (χ0v) is 10.2. The van der Waals surface area contributed by atoms with E-state index in [0.717, 1.165) is 26.4 Å². The summed E-state index contributed by atoms with van der Waals surface area (Å²) in [5.74, 6) is 0.671. The van der Waals surface area contributed by atoms with Crippen molar-refractivity contribution in [3.05, 3.63) is 0 Å². The van der Waals surface area contributed by atoms with Gasteiger partial charge in [-0.3, -0.25) is 0 Å². The van der Waals surface area contributed by atoms with Gasteiger partial charge in [-0.2, -0.15) is 0 Å². The predicted octanol–water partition coefficient (Wildman–Crippen LogP) is 3.40. The first-order chi connectivity index (χ1) is 7.43. The van der Waals surface area contributed by atoms with Crippen LogP contribution in [0.25, 0.3) is 0 Å². The van der Waals surface area contributed by atoms with Crippen molar-refractivity contribution in [2.24, 2.45) is 5.92 Å². The molecule has 0 saturated carbocycles. The molecule has 0 N–H and O–H groups in total. The number of ether oxygens (including phenoxy) is 2. The van der Waals surface area contributed by atoms with E-state index in [2.05, 4.69) is 6.92 Å². The van der Waals surface area contributed by atoms with Gasteiger partial charge in [0.2, 0.25) is 0 Å². The van der Waals surface area contributed by atoms with Gasteiger partial charge in [0.15, 0.2) is 0 Å². The van der Waals surface area contributed by atoms with E-state index >= 15 is 0 Å². The van der Waals surface area contributed by atoms with Crippen molar-refractivity contribution in [2.75, 3.05) is 26.4 Å². The summed E-state index contributed by atoms with van der Waals surface area (Å²) >= 11 is 0. The molecule has 0 bridgehead atoms. The average molecular weight is 214 g/mol. The van der Waals surface area contributed by atoms with Crippen molar-refractivity contribution >= 4 is 0 Å². The molecule has 1 aliphatic rings. The Morgan fingerprint density at radius 1 is 1.13 bits per heavy atom. The molecule has 0 radical (unpaired) electrons.